The van der Waals surface area contributed by atoms with E-state index in [0.717, 1.165) is 12.0 Å². The monoisotopic (exact) mass is 224 g/mol. The molecule has 3 aliphatic rings. The van der Waals surface area contributed by atoms with Gasteiger partial charge in [0.05, 0.1) is 0 Å². The molecule has 0 saturated carbocycles. The maximum absolute atomic E-state index is 3.74. The van der Waals surface area contributed by atoms with Gasteiger partial charge in [-0.05, 0) is 38.5 Å². The van der Waals surface area contributed by atoms with Gasteiger partial charge in [-0.3, -0.25) is 4.90 Å². The SMILES string of the molecule is CC(C)(C)C1CC2CNC1CN2C(C)(C)C. The molecule has 3 rings (SSSR count). The lowest BCUT2D eigenvalue weighted by atomic mass is 9.68. The molecule has 0 aliphatic carbocycles. The van der Waals surface area contributed by atoms with Gasteiger partial charge >= 0.3 is 0 Å². The maximum atomic E-state index is 3.74. The summed E-state index contributed by atoms with van der Waals surface area (Å²) >= 11 is 0. The van der Waals surface area contributed by atoms with E-state index in [9.17, 15) is 0 Å². The van der Waals surface area contributed by atoms with Crippen molar-refractivity contribution < 1.29 is 0 Å². The third-order valence-corrected chi connectivity index (χ3v) is 4.44. The Morgan fingerprint density at radius 3 is 2.06 bits per heavy atom. The Morgan fingerprint density at radius 1 is 1.06 bits per heavy atom. The summed E-state index contributed by atoms with van der Waals surface area (Å²) in [5.74, 6) is 0.838. The van der Waals surface area contributed by atoms with Gasteiger partial charge < -0.3 is 5.32 Å². The van der Waals surface area contributed by atoms with E-state index in [4.69, 9.17) is 0 Å². The minimum absolute atomic E-state index is 0.327. The standard InChI is InChI=1S/C14H28N2/c1-13(2,3)11-7-10-8-15-12(11)9-16(10)14(4,5)6/h10-12,15H,7-9H2,1-6H3. The van der Waals surface area contributed by atoms with E-state index in [2.05, 4.69) is 51.8 Å². The fourth-order valence-corrected chi connectivity index (χ4v) is 3.54. The van der Waals surface area contributed by atoms with E-state index >= 15 is 0 Å². The molecule has 2 bridgehead atoms. The van der Waals surface area contributed by atoms with E-state index in [0.29, 0.717) is 17.0 Å². The van der Waals surface area contributed by atoms with Gasteiger partial charge in [0, 0.05) is 30.7 Å². The van der Waals surface area contributed by atoms with Crippen LogP contribution in [0.4, 0.5) is 0 Å². The first-order chi connectivity index (χ1) is 7.19. The van der Waals surface area contributed by atoms with Gasteiger partial charge in [-0.25, -0.2) is 0 Å². The third kappa shape index (κ3) is 2.14. The summed E-state index contributed by atoms with van der Waals surface area (Å²) < 4.78 is 0. The Kier molecular flexibility index (Phi) is 2.87. The first-order valence-electron chi connectivity index (χ1n) is 6.70. The first kappa shape index (κ1) is 12.4. The smallest absolute Gasteiger partial charge is 0.0230 e. The number of hydrogen-bond acceptors (Lipinski definition) is 2. The van der Waals surface area contributed by atoms with Crippen LogP contribution in [-0.4, -0.2) is 35.6 Å². The highest BCUT2D eigenvalue weighted by Gasteiger charge is 2.47. The lowest BCUT2D eigenvalue weighted by Gasteiger charge is -2.57. The third-order valence-electron chi connectivity index (χ3n) is 4.44. The Labute approximate surface area is 101 Å². The molecule has 2 heteroatoms. The van der Waals surface area contributed by atoms with Crippen LogP contribution in [-0.2, 0) is 0 Å². The number of piperidine rings is 2. The summed E-state index contributed by atoms with van der Waals surface area (Å²) in [5.41, 5.74) is 0.772. The Morgan fingerprint density at radius 2 is 1.69 bits per heavy atom. The summed E-state index contributed by atoms with van der Waals surface area (Å²) in [4.78, 5) is 2.70. The molecule has 94 valence electrons. The van der Waals surface area contributed by atoms with Gasteiger partial charge in [-0.15, -0.1) is 0 Å². The lowest BCUT2D eigenvalue weighted by Crippen LogP contribution is -2.69. The van der Waals surface area contributed by atoms with E-state index in [-0.39, 0.29) is 0 Å². The largest absolute Gasteiger partial charge is 0.311 e. The van der Waals surface area contributed by atoms with Crippen LogP contribution in [0, 0.1) is 11.3 Å². The Bertz CT molecular complexity index is 231. The predicted octanol–water partition coefficient (Wildman–Crippen LogP) is 2.49. The second-order valence-corrected chi connectivity index (χ2v) is 7.70. The van der Waals surface area contributed by atoms with Crippen molar-refractivity contribution in [2.75, 3.05) is 13.1 Å². The topological polar surface area (TPSA) is 15.3 Å². The number of nitrogens with zero attached hydrogens (tertiary/aromatic N) is 1. The molecule has 0 aromatic heterocycles. The number of hydrogen-bond donors (Lipinski definition) is 1. The highest BCUT2D eigenvalue weighted by atomic mass is 15.3. The molecular weight excluding hydrogens is 196 g/mol. The summed E-state index contributed by atoms with van der Waals surface area (Å²) in [6.07, 6.45) is 1.37. The molecule has 3 fully saturated rings. The molecule has 3 aliphatic heterocycles. The fraction of sp³-hybridized carbons (Fsp3) is 1.00. The molecular formula is C14H28N2. The summed E-state index contributed by atoms with van der Waals surface area (Å²) in [7, 11) is 0. The minimum atomic E-state index is 0.327. The second-order valence-electron chi connectivity index (χ2n) is 7.70. The minimum Gasteiger partial charge on any atom is -0.311 e. The van der Waals surface area contributed by atoms with Crippen LogP contribution < -0.4 is 5.32 Å². The zero-order valence-corrected chi connectivity index (χ0v) is 11.8. The van der Waals surface area contributed by atoms with E-state index in [1.165, 1.54) is 19.5 Å². The van der Waals surface area contributed by atoms with Gasteiger partial charge in [0.1, 0.15) is 0 Å². The predicted molar refractivity (Wildman–Crippen MR) is 69.6 cm³/mol. The Balaban J connectivity index is 2.13. The van der Waals surface area contributed by atoms with Gasteiger partial charge in [0.15, 0.2) is 0 Å². The van der Waals surface area contributed by atoms with Crippen LogP contribution in [0.3, 0.4) is 0 Å². The normalized spacial score (nSPS) is 36.8. The average molecular weight is 224 g/mol. The van der Waals surface area contributed by atoms with Crippen molar-refractivity contribution in [3.05, 3.63) is 0 Å². The Hall–Kier alpha value is -0.0800. The zero-order chi connectivity index (χ0) is 12.1. The fourth-order valence-electron chi connectivity index (χ4n) is 3.54. The summed E-state index contributed by atoms with van der Waals surface area (Å²) in [6.45, 7) is 16.6. The second kappa shape index (κ2) is 3.71. The van der Waals surface area contributed by atoms with Gasteiger partial charge in [0.25, 0.3) is 0 Å². The van der Waals surface area contributed by atoms with Crippen LogP contribution in [0.25, 0.3) is 0 Å². The number of nitrogens with one attached hydrogen (secondary N) is 1. The van der Waals surface area contributed by atoms with Crippen molar-refractivity contribution in [1.29, 1.82) is 0 Å². The number of rotatable bonds is 0. The van der Waals surface area contributed by atoms with Crippen molar-refractivity contribution in [2.24, 2.45) is 11.3 Å². The van der Waals surface area contributed by atoms with Gasteiger partial charge in [-0.1, -0.05) is 20.8 Å². The van der Waals surface area contributed by atoms with Crippen LogP contribution in [0.15, 0.2) is 0 Å². The molecule has 3 atom stereocenters. The van der Waals surface area contributed by atoms with Crippen LogP contribution in [0.5, 0.6) is 0 Å². The van der Waals surface area contributed by atoms with E-state index in [1.54, 1.807) is 0 Å². The quantitative estimate of drug-likeness (QED) is 0.680. The zero-order valence-electron chi connectivity index (χ0n) is 11.8. The number of piperazine rings is 1. The molecule has 0 spiro atoms. The summed E-state index contributed by atoms with van der Waals surface area (Å²) in [6, 6.07) is 1.44. The molecule has 3 heterocycles. The lowest BCUT2D eigenvalue weighted by molar-refractivity contribution is -0.0516. The molecule has 2 nitrogen and oxygen atoms in total. The molecule has 1 N–H and O–H groups in total. The molecule has 3 saturated heterocycles. The van der Waals surface area contributed by atoms with Crippen molar-refractivity contribution in [2.45, 2.75) is 65.6 Å². The highest BCUT2D eigenvalue weighted by Crippen LogP contribution is 2.41. The van der Waals surface area contributed by atoms with Crippen molar-refractivity contribution in [3.63, 3.8) is 0 Å². The van der Waals surface area contributed by atoms with Crippen LogP contribution >= 0.6 is 0 Å². The van der Waals surface area contributed by atoms with Crippen molar-refractivity contribution >= 4 is 0 Å². The van der Waals surface area contributed by atoms with Crippen LogP contribution in [0.1, 0.15) is 48.0 Å². The molecule has 0 aromatic carbocycles. The molecule has 3 unspecified atom stereocenters. The number of fused-ring (bicyclic) bond motifs is 3. The average Bonchev–Trinajstić information content (AvgIpc) is 2.15. The first-order valence-corrected chi connectivity index (χ1v) is 6.70. The molecule has 16 heavy (non-hydrogen) atoms. The van der Waals surface area contributed by atoms with Crippen molar-refractivity contribution in [1.82, 2.24) is 10.2 Å². The van der Waals surface area contributed by atoms with Crippen molar-refractivity contribution in [3.8, 4) is 0 Å². The molecule has 0 amide bonds. The summed E-state index contributed by atoms with van der Waals surface area (Å²) in [5, 5.41) is 3.74. The highest BCUT2D eigenvalue weighted by molar-refractivity contribution is 5.03. The molecule has 0 radical (unpaired) electrons. The van der Waals surface area contributed by atoms with Crippen LogP contribution in [0.2, 0.25) is 0 Å². The van der Waals surface area contributed by atoms with E-state index < -0.39 is 0 Å². The van der Waals surface area contributed by atoms with Gasteiger partial charge in [0.2, 0.25) is 0 Å². The molecule has 0 aromatic rings. The maximum Gasteiger partial charge on any atom is 0.0230 e. The van der Waals surface area contributed by atoms with Gasteiger partial charge in [-0.2, -0.15) is 0 Å². The van der Waals surface area contributed by atoms with E-state index in [1.807, 2.05) is 0 Å².